The molecule has 2 N–H and O–H groups in total. The van der Waals surface area contributed by atoms with E-state index in [1.54, 1.807) is 0 Å². The quantitative estimate of drug-likeness (QED) is 0.255. The third-order valence-corrected chi connectivity index (χ3v) is 3.70. The molecule has 2 aromatic rings. The fourth-order valence-corrected chi connectivity index (χ4v) is 2.40. The SMILES string of the molecule is CCNC(=NCCc1c(C)noc1C)NCCOc1ccc(F)cc1F.I. The van der Waals surface area contributed by atoms with Crippen molar-refractivity contribution in [3.8, 4) is 5.75 Å². The number of guanidine groups is 1. The Morgan fingerprint density at radius 2 is 2.04 bits per heavy atom. The molecule has 27 heavy (non-hydrogen) atoms. The van der Waals surface area contributed by atoms with Gasteiger partial charge in [-0.3, -0.25) is 4.99 Å². The van der Waals surface area contributed by atoms with Gasteiger partial charge in [0.15, 0.2) is 17.5 Å². The molecule has 1 aromatic heterocycles. The maximum absolute atomic E-state index is 13.5. The van der Waals surface area contributed by atoms with E-state index in [0.717, 1.165) is 35.6 Å². The maximum atomic E-state index is 13.5. The molecule has 150 valence electrons. The molecule has 0 aliphatic rings. The summed E-state index contributed by atoms with van der Waals surface area (Å²) >= 11 is 0. The van der Waals surface area contributed by atoms with Crippen molar-refractivity contribution in [3.63, 3.8) is 0 Å². The summed E-state index contributed by atoms with van der Waals surface area (Å²) in [6, 6.07) is 3.22. The number of aryl methyl sites for hydroxylation is 2. The average Bonchev–Trinajstić information content (AvgIpc) is 2.92. The average molecular weight is 494 g/mol. The van der Waals surface area contributed by atoms with Gasteiger partial charge >= 0.3 is 0 Å². The highest BCUT2D eigenvalue weighted by Gasteiger charge is 2.08. The monoisotopic (exact) mass is 494 g/mol. The zero-order valence-electron chi connectivity index (χ0n) is 15.6. The second-order valence-corrected chi connectivity index (χ2v) is 5.66. The van der Waals surface area contributed by atoms with Crippen LogP contribution in [0, 0.1) is 25.5 Å². The number of nitrogens with one attached hydrogen (secondary N) is 2. The Morgan fingerprint density at radius 3 is 2.67 bits per heavy atom. The van der Waals surface area contributed by atoms with Crippen LogP contribution in [0.15, 0.2) is 27.7 Å². The highest BCUT2D eigenvalue weighted by atomic mass is 127. The van der Waals surface area contributed by atoms with Crippen molar-refractivity contribution in [2.75, 3.05) is 26.2 Å². The van der Waals surface area contributed by atoms with E-state index in [1.165, 1.54) is 6.07 Å². The Hall–Kier alpha value is -1.91. The zero-order valence-corrected chi connectivity index (χ0v) is 18.0. The van der Waals surface area contributed by atoms with Gasteiger partial charge in [0.25, 0.3) is 0 Å². The Bertz CT molecular complexity index is 733. The molecule has 0 spiro atoms. The van der Waals surface area contributed by atoms with Gasteiger partial charge in [0.1, 0.15) is 18.2 Å². The van der Waals surface area contributed by atoms with Gasteiger partial charge in [-0.15, -0.1) is 24.0 Å². The number of hydrogen-bond donors (Lipinski definition) is 2. The Balaban J connectivity index is 0.00000364. The molecule has 0 atom stereocenters. The second kappa shape index (κ2) is 11.7. The molecule has 0 bridgehead atoms. The number of benzene rings is 1. The fraction of sp³-hybridized carbons (Fsp3) is 0.444. The summed E-state index contributed by atoms with van der Waals surface area (Å²) in [4.78, 5) is 4.49. The second-order valence-electron chi connectivity index (χ2n) is 5.66. The number of aliphatic imine (C=N–C) groups is 1. The maximum Gasteiger partial charge on any atom is 0.191 e. The van der Waals surface area contributed by atoms with Gasteiger partial charge in [0.05, 0.1) is 12.2 Å². The molecule has 1 heterocycles. The third-order valence-electron chi connectivity index (χ3n) is 3.70. The lowest BCUT2D eigenvalue weighted by Crippen LogP contribution is -2.39. The molecule has 0 radical (unpaired) electrons. The van der Waals surface area contributed by atoms with Crippen LogP contribution in [-0.4, -0.2) is 37.4 Å². The molecule has 9 heteroatoms. The molecular formula is C18H25F2IN4O2. The minimum absolute atomic E-state index is 0. The van der Waals surface area contributed by atoms with E-state index in [4.69, 9.17) is 9.26 Å². The molecule has 0 saturated heterocycles. The van der Waals surface area contributed by atoms with E-state index in [1.807, 2.05) is 20.8 Å². The molecular weight excluding hydrogens is 469 g/mol. The van der Waals surface area contributed by atoms with Crippen LogP contribution in [-0.2, 0) is 6.42 Å². The van der Waals surface area contributed by atoms with Gasteiger partial charge in [-0.2, -0.15) is 0 Å². The van der Waals surface area contributed by atoms with Gasteiger partial charge in [0, 0.05) is 24.7 Å². The number of aromatic nitrogens is 1. The van der Waals surface area contributed by atoms with Crippen molar-refractivity contribution in [1.29, 1.82) is 0 Å². The van der Waals surface area contributed by atoms with E-state index in [2.05, 4.69) is 20.8 Å². The third kappa shape index (κ3) is 7.31. The molecule has 0 aliphatic carbocycles. The summed E-state index contributed by atoms with van der Waals surface area (Å²) in [5.41, 5.74) is 1.95. The molecule has 0 unspecified atom stereocenters. The predicted octanol–water partition coefficient (Wildman–Crippen LogP) is 3.36. The molecule has 0 amide bonds. The first-order chi connectivity index (χ1) is 12.5. The topological polar surface area (TPSA) is 71.7 Å². The van der Waals surface area contributed by atoms with Gasteiger partial charge in [-0.1, -0.05) is 5.16 Å². The van der Waals surface area contributed by atoms with Gasteiger partial charge < -0.3 is 19.9 Å². The smallest absolute Gasteiger partial charge is 0.191 e. The van der Waals surface area contributed by atoms with Crippen molar-refractivity contribution in [3.05, 3.63) is 46.9 Å². The summed E-state index contributed by atoms with van der Waals surface area (Å²) in [6.07, 6.45) is 0.731. The lowest BCUT2D eigenvalue weighted by molar-refractivity contribution is 0.304. The Morgan fingerprint density at radius 1 is 1.26 bits per heavy atom. The first-order valence-electron chi connectivity index (χ1n) is 8.53. The molecule has 0 saturated carbocycles. The van der Waals surface area contributed by atoms with Gasteiger partial charge in [-0.05, 0) is 39.3 Å². The van der Waals surface area contributed by atoms with Crippen molar-refractivity contribution < 1.29 is 18.0 Å². The molecule has 0 aliphatic heterocycles. The summed E-state index contributed by atoms with van der Waals surface area (Å²) in [5.74, 6) is 0.124. The van der Waals surface area contributed by atoms with Crippen LogP contribution in [0.1, 0.15) is 23.9 Å². The van der Waals surface area contributed by atoms with E-state index >= 15 is 0 Å². The highest BCUT2D eigenvalue weighted by Crippen LogP contribution is 2.17. The van der Waals surface area contributed by atoms with Crippen LogP contribution in [0.5, 0.6) is 5.75 Å². The summed E-state index contributed by atoms with van der Waals surface area (Å²) < 4.78 is 36.8. The molecule has 1 aromatic carbocycles. The Labute approximate surface area is 174 Å². The first kappa shape index (κ1) is 23.1. The molecule has 0 fully saturated rings. The fourth-order valence-electron chi connectivity index (χ4n) is 2.40. The minimum atomic E-state index is -0.718. The van der Waals surface area contributed by atoms with Gasteiger partial charge in [-0.25, -0.2) is 8.78 Å². The Kier molecular flexibility index (Phi) is 10.0. The number of ether oxygens (including phenoxy) is 1. The summed E-state index contributed by atoms with van der Waals surface area (Å²) in [6.45, 7) is 7.69. The van der Waals surface area contributed by atoms with E-state index in [0.29, 0.717) is 25.6 Å². The molecule has 2 rings (SSSR count). The van der Waals surface area contributed by atoms with Crippen molar-refractivity contribution in [2.24, 2.45) is 4.99 Å². The summed E-state index contributed by atoms with van der Waals surface area (Å²) in [5, 5.41) is 10.2. The number of nitrogens with zero attached hydrogens (tertiary/aromatic N) is 2. The normalized spacial score (nSPS) is 11.1. The zero-order chi connectivity index (χ0) is 18.9. The van der Waals surface area contributed by atoms with Gasteiger partial charge in [0.2, 0.25) is 0 Å². The van der Waals surface area contributed by atoms with Crippen LogP contribution >= 0.6 is 24.0 Å². The van der Waals surface area contributed by atoms with Crippen molar-refractivity contribution in [2.45, 2.75) is 27.2 Å². The van der Waals surface area contributed by atoms with Crippen LogP contribution < -0.4 is 15.4 Å². The summed E-state index contributed by atoms with van der Waals surface area (Å²) in [7, 11) is 0. The van der Waals surface area contributed by atoms with E-state index < -0.39 is 11.6 Å². The number of hydrogen-bond acceptors (Lipinski definition) is 4. The highest BCUT2D eigenvalue weighted by molar-refractivity contribution is 14.0. The van der Waals surface area contributed by atoms with Crippen LogP contribution in [0.4, 0.5) is 8.78 Å². The van der Waals surface area contributed by atoms with Crippen LogP contribution in [0.2, 0.25) is 0 Å². The largest absolute Gasteiger partial charge is 0.489 e. The predicted molar refractivity (Wildman–Crippen MR) is 111 cm³/mol. The lowest BCUT2D eigenvalue weighted by Gasteiger charge is -2.12. The number of halogens is 3. The molecule has 6 nitrogen and oxygen atoms in total. The first-order valence-corrected chi connectivity index (χ1v) is 8.53. The van der Waals surface area contributed by atoms with Crippen molar-refractivity contribution >= 4 is 29.9 Å². The standard InChI is InChI=1S/C18H24F2N4O2.HI/c1-4-21-18(22-8-7-15-12(2)24-26-13(15)3)23-9-10-25-17-6-5-14(19)11-16(17)20;/h5-6,11H,4,7-10H2,1-3H3,(H2,21,22,23);1H. The minimum Gasteiger partial charge on any atom is -0.489 e. The van der Waals surface area contributed by atoms with Crippen LogP contribution in [0.3, 0.4) is 0 Å². The van der Waals surface area contributed by atoms with E-state index in [-0.39, 0.29) is 36.3 Å². The van der Waals surface area contributed by atoms with Crippen molar-refractivity contribution in [1.82, 2.24) is 15.8 Å². The lowest BCUT2D eigenvalue weighted by atomic mass is 10.1. The number of rotatable bonds is 8. The van der Waals surface area contributed by atoms with Crippen LogP contribution in [0.25, 0.3) is 0 Å². The van der Waals surface area contributed by atoms with E-state index in [9.17, 15) is 8.78 Å².